The Labute approximate surface area is 168 Å². The number of nitrogens with zero attached hydrogens (tertiary/aromatic N) is 1. The molecule has 2 aromatic heterocycles. The predicted molar refractivity (Wildman–Crippen MR) is 116 cm³/mol. The molecule has 0 amide bonds. The number of para-hydroxylation sites is 1. The van der Waals surface area contributed by atoms with E-state index in [9.17, 15) is 4.79 Å². The van der Waals surface area contributed by atoms with E-state index in [2.05, 4.69) is 10.2 Å². The van der Waals surface area contributed by atoms with Crippen molar-refractivity contribution in [2.45, 2.75) is 6.42 Å². The van der Waals surface area contributed by atoms with Gasteiger partial charge in [-0.05, 0) is 56.9 Å². The van der Waals surface area contributed by atoms with E-state index in [0.29, 0.717) is 33.7 Å². The summed E-state index contributed by atoms with van der Waals surface area (Å²) < 4.78 is 17.2. The smallest absolute Gasteiger partial charge is 0.348 e. The molecule has 0 saturated carbocycles. The highest BCUT2D eigenvalue weighted by molar-refractivity contribution is 6.09. The Morgan fingerprint density at radius 3 is 2.69 bits per heavy atom. The first-order chi connectivity index (χ1) is 14.1. The molecule has 150 valence electrons. The third-order valence-electron chi connectivity index (χ3n) is 4.87. The van der Waals surface area contributed by atoms with Crippen molar-refractivity contribution in [2.24, 2.45) is 0 Å². The van der Waals surface area contributed by atoms with Crippen LogP contribution in [0, 0.1) is 0 Å². The van der Waals surface area contributed by atoms with Gasteiger partial charge in [0, 0.05) is 6.54 Å². The van der Waals surface area contributed by atoms with Crippen molar-refractivity contribution in [3.05, 3.63) is 59.0 Å². The van der Waals surface area contributed by atoms with E-state index in [1.807, 2.05) is 56.6 Å². The first-order valence-electron chi connectivity index (χ1n) is 9.60. The lowest BCUT2D eigenvalue weighted by atomic mass is 10.0. The number of rotatable bonds is 7. The summed E-state index contributed by atoms with van der Waals surface area (Å²) in [6, 6.07) is 15.0. The van der Waals surface area contributed by atoms with Gasteiger partial charge < -0.3 is 23.8 Å². The van der Waals surface area contributed by atoms with Crippen LogP contribution in [0.15, 0.2) is 62.2 Å². The summed E-state index contributed by atoms with van der Waals surface area (Å²) >= 11 is 0. The van der Waals surface area contributed by atoms with Crippen LogP contribution in [0.2, 0.25) is 0 Å². The number of hydrogen-bond donors (Lipinski definition) is 1. The molecule has 1 N–H and O–H groups in total. The van der Waals surface area contributed by atoms with E-state index in [4.69, 9.17) is 13.6 Å². The Balaban J connectivity index is 1.90. The van der Waals surface area contributed by atoms with Crippen LogP contribution in [0.5, 0.6) is 5.75 Å². The molecule has 4 aromatic rings. The molecular formula is C23H24N2O4. The van der Waals surface area contributed by atoms with Crippen molar-refractivity contribution in [1.82, 2.24) is 4.90 Å². The summed E-state index contributed by atoms with van der Waals surface area (Å²) in [4.78, 5) is 15.0. The first kappa shape index (κ1) is 19.1. The molecular weight excluding hydrogens is 368 g/mol. The maximum Gasteiger partial charge on any atom is 0.348 e. The third kappa shape index (κ3) is 3.71. The Kier molecular flexibility index (Phi) is 5.27. The molecule has 2 heterocycles. The van der Waals surface area contributed by atoms with E-state index in [1.54, 1.807) is 13.2 Å². The zero-order valence-electron chi connectivity index (χ0n) is 16.8. The number of anilines is 1. The summed E-state index contributed by atoms with van der Waals surface area (Å²) in [6.45, 7) is 1.67. The normalized spacial score (nSPS) is 11.4. The highest BCUT2D eigenvalue weighted by Crippen LogP contribution is 2.40. The van der Waals surface area contributed by atoms with Gasteiger partial charge in [-0.15, -0.1) is 0 Å². The summed E-state index contributed by atoms with van der Waals surface area (Å²) in [6.07, 6.45) is 0.941. The molecule has 29 heavy (non-hydrogen) atoms. The lowest BCUT2D eigenvalue weighted by Gasteiger charge is -2.10. The SMILES string of the molecule is COc1cccc(-c2c(NCCCN(C)C)oc3c2c(=O)oc2ccccc23)c1. The molecule has 0 fully saturated rings. The Bertz CT molecular complexity index is 1210. The molecule has 0 aliphatic heterocycles. The van der Waals surface area contributed by atoms with Gasteiger partial charge in [0.2, 0.25) is 5.88 Å². The van der Waals surface area contributed by atoms with Crippen molar-refractivity contribution in [2.75, 3.05) is 39.6 Å². The van der Waals surface area contributed by atoms with Crippen molar-refractivity contribution in [1.29, 1.82) is 0 Å². The zero-order chi connectivity index (χ0) is 20.4. The molecule has 0 radical (unpaired) electrons. The molecule has 0 aliphatic rings. The number of methoxy groups -OCH3 is 1. The number of nitrogens with one attached hydrogen (secondary N) is 1. The molecule has 2 aromatic carbocycles. The molecule has 4 rings (SSSR count). The number of ether oxygens (including phenoxy) is 1. The summed E-state index contributed by atoms with van der Waals surface area (Å²) in [5.41, 5.74) is 2.16. The second kappa shape index (κ2) is 8.01. The van der Waals surface area contributed by atoms with E-state index >= 15 is 0 Å². The largest absolute Gasteiger partial charge is 0.497 e. The fourth-order valence-electron chi connectivity index (χ4n) is 3.49. The molecule has 0 unspecified atom stereocenters. The molecule has 0 atom stereocenters. The average molecular weight is 392 g/mol. The maximum absolute atomic E-state index is 12.9. The van der Waals surface area contributed by atoms with Crippen LogP contribution in [-0.4, -0.2) is 39.2 Å². The fraction of sp³-hybridized carbons (Fsp3) is 0.261. The highest BCUT2D eigenvalue weighted by Gasteiger charge is 2.22. The number of fused-ring (bicyclic) bond motifs is 3. The van der Waals surface area contributed by atoms with Crippen molar-refractivity contribution < 1.29 is 13.6 Å². The van der Waals surface area contributed by atoms with Crippen LogP contribution in [-0.2, 0) is 0 Å². The quantitative estimate of drug-likeness (QED) is 0.367. The van der Waals surface area contributed by atoms with Gasteiger partial charge in [0.05, 0.1) is 18.1 Å². The predicted octanol–water partition coefficient (Wildman–Crippen LogP) is 4.58. The minimum Gasteiger partial charge on any atom is -0.497 e. The Hall–Kier alpha value is -3.25. The lowest BCUT2D eigenvalue weighted by Crippen LogP contribution is -2.16. The molecule has 0 spiro atoms. The fourth-order valence-corrected chi connectivity index (χ4v) is 3.49. The van der Waals surface area contributed by atoms with Crippen LogP contribution in [0.3, 0.4) is 0 Å². The van der Waals surface area contributed by atoms with Gasteiger partial charge in [-0.3, -0.25) is 0 Å². The molecule has 0 bridgehead atoms. The summed E-state index contributed by atoms with van der Waals surface area (Å²) in [5.74, 6) is 1.27. The minimum absolute atomic E-state index is 0.415. The molecule has 0 aliphatic carbocycles. The topological polar surface area (TPSA) is 67.8 Å². The van der Waals surface area contributed by atoms with Gasteiger partial charge in [-0.2, -0.15) is 0 Å². The first-order valence-corrected chi connectivity index (χ1v) is 9.60. The van der Waals surface area contributed by atoms with E-state index in [-0.39, 0.29) is 0 Å². The number of benzene rings is 2. The average Bonchev–Trinajstić information content (AvgIpc) is 3.11. The highest BCUT2D eigenvalue weighted by atomic mass is 16.5. The van der Waals surface area contributed by atoms with Crippen LogP contribution >= 0.6 is 0 Å². The zero-order valence-corrected chi connectivity index (χ0v) is 16.8. The van der Waals surface area contributed by atoms with E-state index in [0.717, 1.165) is 30.5 Å². The van der Waals surface area contributed by atoms with Crippen LogP contribution in [0.25, 0.3) is 33.1 Å². The Morgan fingerprint density at radius 2 is 1.90 bits per heavy atom. The lowest BCUT2D eigenvalue weighted by molar-refractivity contribution is 0.404. The Morgan fingerprint density at radius 1 is 1.07 bits per heavy atom. The van der Waals surface area contributed by atoms with Crippen molar-refractivity contribution >= 4 is 27.8 Å². The van der Waals surface area contributed by atoms with E-state index < -0.39 is 5.63 Å². The molecule has 6 heteroatoms. The minimum atomic E-state index is -0.415. The monoisotopic (exact) mass is 392 g/mol. The summed E-state index contributed by atoms with van der Waals surface area (Å²) in [7, 11) is 5.70. The number of furan rings is 1. The number of hydrogen-bond acceptors (Lipinski definition) is 6. The van der Waals surface area contributed by atoms with Crippen LogP contribution in [0.4, 0.5) is 5.88 Å². The maximum atomic E-state index is 12.9. The van der Waals surface area contributed by atoms with Crippen molar-refractivity contribution in [3.63, 3.8) is 0 Å². The standard InChI is InChI=1S/C23H24N2O4/c1-25(2)13-7-12-24-22-19(15-8-6-9-16(14-15)27-3)20-21(29-22)17-10-4-5-11-18(17)28-23(20)26/h4-6,8-11,14,24H,7,12-13H2,1-3H3. The third-order valence-corrected chi connectivity index (χ3v) is 4.87. The second-order valence-electron chi connectivity index (χ2n) is 7.21. The van der Waals surface area contributed by atoms with Gasteiger partial charge in [-0.1, -0.05) is 24.3 Å². The van der Waals surface area contributed by atoms with Gasteiger partial charge in [-0.25, -0.2) is 4.79 Å². The van der Waals surface area contributed by atoms with Crippen LogP contribution in [0.1, 0.15) is 6.42 Å². The van der Waals surface area contributed by atoms with Gasteiger partial charge in [0.15, 0.2) is 5.58 Å². The molecule has 6 nitrogen and oxygen atoms in total. The summed E-state index contributed by atoms with van der Waals surface area (Å²) in [5, 5.41) is 4.58. The second-order valence-corrected chi connectivity index (χ2v) is 7.21. The van der Waals surface area contributed by atoms with Crippen LogP contribution < -0.4 is 15.7 Å². The van der Waals surface area contributed by atoms with Crippen molar-refractivity contribution in [3.8, 4) is 16.9 Å². The van der Waals surface area contributed by atoms with Gasteiger partial charge >= 0.3 is 5.63 Å². The van der Waals surface area contributed by atoms with E-state index in [1.165, 1.54) is 0 Å². The van der Waals surface area contributed by atoms with Gasteiger partial charge in [0.1, 0.15) is 16.7 Å². The molecule has 0 saturated heterocycles. The van der Waals surface area contributed by atoms with Gasteiger partial charge in [0.25, 0.3) is 0 Å².